The largest absolute Gasteiger partial charge is 0.412 e. The van der Waals surface area contributed by atoms with Gasteiger partial charge in [-0.15, -0.1) is 0 Å². The average Bonchev–Trinajstić information content (AvgIpc) is 0. The minimum absolute atomic E-state index is 0. The summed E-state index contributed by atoms with van der Waals surface area (Å²) in [5.41, 5.74) is 0. The molecule has 0 heterocycles. The smallest absolute Gasteiger partial charge is 0 e. The Hall–Kier alpha value is 22.3. The summed E-state index contributed by atoms with van der Waals surface area (Å²) in [4.78, 5) is 0. The van der Waals surface area contributed by atoms with Gasteiger partial charge in [-0.3, -0.25) is 0 Å². The third-order valence-corrected chi connectivity index (χ3v) is 0. The van der Waals surface area contributed by atoms with Gasteiger partial charge in [0.05, 0.1) is 0 Å². The summed E-state index contributed by atoms with van der Waals surface area (Å²) in [6.45, 7) is 0. The molecule has 0 aliphatic carbocycles. The molecule has 2 unspecified atom stereocenters. The van der Waals surface area contributed by atoms with Crippen LogP contribution in [-0.4, -0.2) is 694 Å². The van der Waals surface area contributed by atoms with Gasteiger partial charge in [-0.1, -0.05) is 37.1 Å². The van der Waals surface area contributed by atoms with Crippen LogP contribution in [0.15, 0.2) is 0 Å². The molecule has 7 radical (unpaired) electrons. The Balaban J connectivity index is 0. The molecule has 0 saturated heterocycles. The molecule has 0 saturated carbocycles. The summed E-state index contributed by atoms with van der Waals surface area (Å²) < 4.78 is 0. The Morgan fingerprint density at radius 3 is 0.0645 bits per heavy atom. The van der Waals surface area contributed by atoms with Crippen LogP contribution in [0.4, 0.5) is 0 Å². The Kier molecular flexibility index (Phi) is 96200. The van der Waals surface area contributed by atoms with Crippen LogP contribution in [0.5, 0.6) is 0 Å². The first kappa shape index (κ1) is 3030. The number of hydrogen-bond acceptors (Lipinski definition) is 0. The molecule has 0 bridgehead atoms. The van der Waals surface area contributed by atoms with Crippen molar-refractivity contribution in [2.24, 2.45) is 0 Å². The molecule has 0 rings (SSSR count). The fourth-order valence-corrected chi connectivity index (χ4v) is 0. The fourth-order valence-electron chi connectivity index (χ4n) is 0. The molecule has 0 spiro atoms. The molecular weight excluding hydrogens is 4540 g/mol. The van der Waals surface area contributed by atoms with E-state index in [2.05, 4.69) is 0 Å². The van der Waals surface area contributed by atoms with Gasteiger partial charge in [0.25, 0.3) is 0 Å². The van der Waals surface area contributed by atoms with Gasteiger partial charge in [0.15, 0.2) is 0 Å². The molecule has 0 fully saturated rings. The van der Waals surface area contributed by atoms with Crippen LogP contribution in [0, 0.1) is 0 Å². The molecule has 0 aromatic rings. The molecule has 0 aromatic carbocycles. The standard InChI is InChI=1S/5CH4.7K.61H2O.2H3P.Ti.17W/h5*1H4;;;;;;;;61*1H2;2*1H3;;;;;;;;;;;;;;;;;;. The molecule has 93 heavy (non-hydrogen) atoms. The van der Waals surface area contributed by atoms with E-state index >= 15 is 0 Å². The Morgan fingerprint density at radius 1 is 0.0645 bits per heavy atom. The van der Waals surface area contributed by atoms with Crippen LogP contribution >= 0.6 is 19.8 Å². The monoisotopic (exact) mass is 4690 g/mol. The van der Waals surface area contributed by atoms with E-state index in [1.165, 1.54) is 0 Å². The Morgan fingerprint density at radius 2 is 0.0645 bits per heavy atom. The first-order valence-corrected chi connectivity index (χ1v) is 0. The Bertz CT molecular complexity index is 144. The van der Waals surface area contributed by atoms with Gasteiger partial charge >= 0.3 is 0 Å². The van der Waals surface area contributed by atoms with E-state index in [1.54, 1.807) is 0 Å². The van der Waals surface area contributed by atoms with Crippen molar-refractivity contribution in [3.05, 3.63) is 0 Å². The second-order valence-corrected chi connectivity index (χ2v) is 0. The molecular formula is C5H148K7O61P2TiW17. The summed E-state index contributed by atoms with van der Waals surface area (Å²) >= 11 is 0. The van der Waals surface area contributed by atoms with Gasteiger partial charge in [0, 0.05) is 740 Å². The quantitative estimate of drug-likeness (QED) is 0.161. The van der Waals surface area contributed by atoms with E-state index < -0.39 is 0 Å². The van der Waals surface area contributed by atoms with Gasteiger partial charge < -0.3 is 334 Å². The zero-order valence-corrected chi connectivity index (χ0v) is 122. The summed E-state index contributed by atoms with van der Waals surface area (Å²) in [6, 6.07) is 0. The molecule has 0 aromatic heterocycles. The summed E-state index contributed by atoms with van der Waals surface area (Å²) in [7, 11) is 0. The van der Waals surface area contributed by atoms with Crippen molar-refractivity contribution in [1.82, 2.24) is 0 Å². The second kappa shape index (κ2) is 2950. The Labute approximate surface area is 1100 Å². The minimum Gasteiger partial charge on any atom is -0.412 e. The maximum Gasteiger partial charge on any atom is 0 e. The van der Waals surface area contributed by atoms with E-state index in [0.29, 0.717) is 0 Å². The SMILES string of the molecule is C.C.C.C.C.O.O.O.O.O.O.O.O.O.O.O.O.O.O.O.O.O.O.O.O.O.O.O.O.O.O.O.O.O.O.O.O.O.O.O.O.O.O.O.O.O.O.O.O.O.O.O.O.O.O.O.O.O.O.O.O.O.O.O.O.O.P.P.[K].[K].[K].[K].[K].[K].[K].[Ti].[W].[W].[W].[W].[W].[W].[W].[W].[W].[W].[W].[W].[W].[W].[W].[W].[W]. The van der Waals surface area contributed by atoms with Gasteiger partial charge in [0.2, 0.25) is 0 Å². The molecule has 2 atom stereocenters. The summed E-state index contributed by atoms with van der Waals surface area (Å²) in [5.74, 6) is 0. The third-order valence-electron chi connectivity index (χ3n) is 0. The molecule has 657 valence electrons. The van der Waals surface area contributed by atoms with E-state index in [-0.39, 0.29) is 1130 Å². The predicted octanol–water partition coefficient (Wildman–Crippen LogP) is -49.7. The zero-order valence-electron chi connectivity index (χ0n) is 46.4. The average molecular weight is 4690 g/mol. The van der Waals surface area contributed by atoms with Gasteiger partial charge in [-0.05, 0) is 0 Å². The van der Waals surface area contributed by atoms with Gasteiger partial charge in [-0.25, -0.2) is 0 Å². The molecule has 0 amide bonds. The van der Waals surface area contributed by atoms with Crippen molar-refractivity contribution >= 4 is 379 Å². The topological polar surface area (TPSA) is 1920 Å². The van der Waals surface area contributed by atoms with Crippen molar-refractivity contribution < 1.29 is 714 Å². The number of rotatable bonds is 0. The van der Waals surface area contributed by atoms with Crippen LogP contribution in [0.25, 0.3) is 0 Å². The molecule has 0 aliphatic rings. The van der Waals surface area contributed by atoms with Crippen LogP contribution in [0.3, 0.4) is 0 Å². The fraction of sp³-hybridized carbons (Fsp3) is 1.00. The van der Waals surface area contributed by atoms with Crippen molar-refractivity contribution in [3.8, 4) is 0 Å². The van der Waals surface area contributed by atoms with Crippen molar-refractivity contribution in [1.29, 1.82) is 0 Å². The predicted molar refractivity (Wildman–Crippen MR) is 317 cm³/mol. The van der Waals surface area contributed by atoms with Crippen LogP contribution in [-0.2, 0) is 380 Å². The third kappa shape index (κ3) is 2900. The van der Waals surface area contributed by atoms with Crippen LogP contribution < -0.4 is 0 Å². The van der Waals surface area contributed by atoms with E-state index in [1.807, 2.05) is 0 Å². The zero-order chi connectivity index (χ0) is 0. The van der Waals surface area contributed by atoms with Gasteiger partial charge in [-0.2, -0.15) is 19.8 Å². The summed E-state index contributed by atoms with van der Waals surface area (Å²) in [6.07, 6.45) is 0. The number of hydrogen-bond donors (Lipinski definition) is 0. The first-order valence-electron chi connectivity index (χ1n) is 0. The first-order chi connectivity index (χ1) is 0. The van der Waals surface area contributed by atoms with Crippen LogP contribution in [0.2, 0.25) is 0 Å². The maximum absolute atomic E-state index is 0. The second-order valence-electron chi connectivity index (χ2n) is 0. The van der Waals surface area contributed by atoms with Crippen molar-refractivity contribution in [2.45, 2.75) is 37.1 Å². The maximum atomic E-state index is 0. The van der Waals surface area contributed by atoms with E-state index in [4.69, 9.17) is 0 Å². The van der Waals surface area contributed by atoms with E-state index in [9.17, 15) is 0 Å². The van der Waals surface area contributed by atoms with Crippen LogP contribution in [0.1, 0.15) is 37.1 Å². The molecule has 88 heteroatoms. The van der Waals surface area contributed by atoms with Gasteiger partial charge in [0.1, 0.15) is 0 Å². The normalized spacial score (nSPS) is 0. The van der Waals surface area contributed by atoms with Crippen molar-refractivity contribution in [2.75, 3.05) is 0 Å². The minimum atomic E-state index is 0. The van der Waals surface area contributed by atoms with E-state index in [0.717, 1.165) is 0 Å². The molecule has 0 aliphatic heterocycles. The molecule has 122 N–H and O–H groups in total. The van der Waals surface area contributed by atoms with Crippen molar-refractivity contribution in [3.63, 3.8) is 0 Å². The molecule has 61 nitrogen and oxygen atoms in total. The summed E-state index contributed by atoms with van der Waals surface area (Å²) in [5, 5.41) is 0.